The van der Waals surface area contributed by atoms with Crippen LogP contribution in [0.25, 0.3) is 0 Å². The SMILES string of the molecule is Cc1cc(C(=O)N[C@@H]2CCN(c3ncc(C(F)(F)F)cc3Cl)C2)cc(NC(=O)C2CC2)n1. The predicted molar refractivity (Wildman–Crippen MR) is 113 cm³/mol. The molecule has 2 aromatic heterocycles. The van der Waals surface area contributed by atoms with E-state index in [0.29, 0.717) is 36.6 Å². The molecule has 0 unspecified atom stereocenters. The zero-order valence-electron chi connectivity index (χ0n) is 17.2. The Bertz CT molecular complexity index is 1060. The Labute approximate surface area is 187 Å². The lowest BCUT2D eigenvalue weighted by molar-refractivity contribution is -0.137. The van der Waals surface area contributed by atoms with Crippen molar-refractivity contribution in [2.75, 3.05) is 23.3 Å². The Morgan fingerprint density at radius 3 is 2.59 bits per heavy atom. The van der Waals surface area contributed by atoms with Crippen LogP contribution in [0.1, 0.15) is 40.9 Å². The number of carbonyl (C=O) groups is 2. The van der Waals surface area contributed by atoms with Gasteiger partial charge >= 0.3 is 6.18 Å². The molecule has 4 rings (SSSR count). The van der Waals surface area contributed by atoms with Crippen molar-refractivity contribution in [1.29, 1.82) is 0 Å². The molecule has 1 saturated carbocycles. The first-order valence-corrected chi connectivity index (χ1v) is 10.6. The average molecular weight is 468 g/mol. The van der Waals surface area contributed by atoms with Crippen LogP contribution in [-0.4, -0.2) is 40.9 Å². The number of nitrogens with zero attached hydrogens (tertiary/aromatic N) is 3. The molecule has 1 aliphatic carbocycles. The number of amides is 2. The van der Waals surface area contributed by atoms with Gasteiger partial charge in [0, 0.05) is 42.5 Å². The lowest BCUT2D eigenvalue weighted by Crippen LogP contribution is -2.37. The highest BCUT2D eigenvalue weighted by Gasteiger charge is 2.33. The Morgan fingerprint density at radius 1 is 1.19 bits per heavy atom. The first kappa shape index (κ1) is 22.3. The summed E-state index contributed by atoms with van der Waals surface area (Å²) in [6.45, 7) is 2.58. The summed E-state index contributed by atoms with van der Waals surface area (Å²) < 4.78 is 38.5. The van der Waals surface area contributed by atoms with E-state index in [4.69, 9.17) is 11.6 Å². The molecule has 0 aromatic carbocycles. The van der Waals surface area contributed by atoms with Crippen LogP contribution in [0, 0.1) is 12.8 Å². The zero-order chi connectivity index (χ0) is 23.0. The fourth-order valence-electron chi connectivity index (χ4n) is 3.60. The molecule has 1 atom stereocenters. The van der Waals surface area contributed by atoms with Gasteiger partial charge < -0.3 is 15.5 Å². The van der Waals surface area contributed by atoms with Crippen LogP contribution in [0.15, 0.2) is 24.4 Å². The maximum absolute atomic E-state index is 12.8. The van der Waals surface area contributed by atoms with Gasteiger partial charge in [-0.15, -0.1) is 0 Å². The van der Waals surface area contributed by atoms with E-state index in [2.05, 4.69) is 20.6 Å². The molecule has 1 saturated heterocycles. The van der Waals surface area contributed by atoms with Gasteiger partial charge in [-0.1, -0.05) is 11.6 Å². The zero-order valence-corrected chi connectivity index (χ0v) is 17.9. The average Bonchev–Trinajstić information content (AvgIpc) is 3.47. The van der Waals surface area contributed by atoms with Crippen molar-refractivity contribution >= 4 is 35.1 Å². The molecule has 2 aliphatic rings. The normalized spacial score (nSPS) is 18.5. The Hall–Kier alpha value is -2.88. The summed E-state index contributed by atoms with van der Waals surface area (Å²) in [6, 6.07) is 3.78. The number of hydrogen-bond acceptors (Lipinski definition) is 5. The van der Waals surface area contributed by atoms with Crippen molar-refractivity contribution < 1.29 is 22.8 Å². The van der Waals surface area contributed by atoms with Crippen LogP contribution in [-0.2, 0) is 11.0 Å². The highest BCUT2D eigenvalue weighted by molar-refractivity contribution is 6.33. The molecule has 2 amide bonds. The van der Waals surface area contributed by atoms with E-state index in [1.54, 1.807) is 17.9 Å². The first-order valence-electron chi connectivity index (χ1n) is 10.2. The number of pyridine rings is 2. The van der Waals surface area contributed by atoms with Crippen LogP contribution in [0.5, 0.6) is 0 Å². The summed E-state index contributed by atoms with van der Waals surface area (Å²) in [4.78, 5) is 34.6. The minimum absolute atomic E-state index is 0.0182. The van der Waals surface area contributed by atoms with Crippen molar-refractivity contribution in [1.82, 2.24) is 15.3 Å². The molecule has 0 bridgehead atoms. The van der Waals surface area contributed by atoms with Crippen molar-refractivity contribution in [2.24, 2.45) is 5.92 Å². The van der Waals surface area contributed by atoms with Gasteiger partial charge in [-0.3, -0.25) is 9.59 Å². The summed E-state index contributed by atoms with van der Waals surface area (Å²) in [7, 11) is 0. The minimum atomic E-state index is -4.52. The van der Waals surface area contributed by atoms with Gasteiger partial charge in [0.05, 0.1) is 10.6 Å². The number of alkyl halides is 3. The Kier molecular flexibility index (Phi) is 5.98. The van der Waals surface area contributed by atoms with Crippen LogP contribution in [0.4, 0.5) is 24.8 Å². The predicted octanol–water partition coefficient (Wildman–Crippen LogP) is 3.81. The summed E-state index contributed by atoms with van der Waals surface area (Å²) in [5.41, 5.74) is 0.0539. The quantitative estimate of drug-likeness (QED) is 0.698. The number of halogens is 4. The molecule has 7 nitrogen and oxygen atoms in total. The largest absolute Gasteiger partial charge is 0.417 e. The maximum Gasteiger partial charge on any atom is 0.417 e. The van der Waals surface area contributed by atoms with E-state index < -0.39 is 11.7 Å². The number of anilines is 2. The summed E-state index contributed by atoms with van der Waals surface area (Å²) in [5, 5.41) is 5.57. The van der Waals surface area contributed by atoms with Crippen LogP contribution < -0.4 is 15.5 Å². The molecule has 2 fully saturated rings. The van der Waals surface area contributed by atoms with E-state index in [0.717, 1.165) is 25.1 Å². The maximum atomic E-state index is 12.8. The van der Waals surface area contributed by atoms with Crippen molar-refractivity contribution in [3.8, 4) is 0 Å². The monoisotopic (exact) mass is 467 g/mol. The molecule has 32 heavy (non-hydrogen) atoms. The molecule has 3 heterocycles. The molecule has 1 aliphatic heterocycles. The van der Waals surface area contributed by atoms with Gasteiger partial charge in [-0.25, -0.2) is 9.97 Å². The molecule has 170 valence electrons. The van der Waals surface area contributed by atoms with E-state index in [1.807, 2.05) is 0 Å². The fourth-order valence-corrected chi connectivity index (χ4v) is 3.88. The van der Waals surface area contributed by atoms with Crippen molar-refractivity contribution in [2.45, 2.75) is 38.4 Å². The molecule has 0 spiro atoms. The van der Waals surface area contributed by atoms with Gasteiger partial charge in [0.25, 0.3) is 5.91 Å². The number of nitrogens with one attached hydrogen (secondary N) is 2. The van der Waals surface area contributed by atoms with Gasteiger partial charge in [-0.05, 0) is 44.4 Å². The third-order valence-electron chi connectivity index (χ3n) is 5.39. The van der Waals surface area contributed by atoms with Crippen LogP contribution in [0.2, 0.25) is 5.02 Å². The van der Waals surface area contributed by atoms with Crippen molar-refractivity contribution in [3.63, 3.8) is 0 Å². The van der Waals surface area contributed by atoms with Gasteiger partial charge in [0.1, 0.15) is 11.6 Å². The standard InChI is InChI=1S/C21H21ClF3N5O2/c1-11-6-13(7-17(27-11)29-19(31)12-2-3-12)20(32)28-15-4-5-30(10-15)18-16(22)8-14(9-26-18)21(23,24)25/h6-9,12,15H,2-5,10H2,1H3,(H,28,32)(H,27,29,31)/t15-/m1/s1. The van der Waals surface area contributed by atoms with Gasteiger partial charge in [-0.2, -0.15) is 13.2 Å². The highest BCUT2D eigenvalue weighted by Crippen LogP contribution is 2.34. The van der Waals surface area contributed by atoms with Crippen LogP contribution in [0.3, 0.4) is 0 Å². The smallest absolute Gasteiger partial charge is 0.353 e. The number of carbonyl (C=O) groups excluding carboxylic acids is 2. The molecule has 2 aromatic rings. The Morgan fingerprint density at radius 2 is 1.94 bits per heavy atom. The topological polar surface area (TPSA) is 87.2 Å². The van der Waals surface area contributed by atoms with E-state index in [9.17, 15) is 22.8 Å². The fraction of sp³-hybridized carbons (Fsp3) is 0.429. The number of hydrogen-bond donors (Lipinski definition) is 2. The lowest BCUT2D eigenvalue weighted by Gasteiger charge is -2.20. The third-order valence-corrected chi connectivity index (χ3v) is 5.67. The van der Waals surface area contributed by atoms with E-state index in [-0.39, 0.29) is 34.6 Å². The summed E-state index contributed by atoms with van der Waals surface area (Å²) >= 11 is 6.03. The number of rotatable bonds is 5. The van der Waals surface area contributed by atoms with Crippen molar-refractivity contribution in [3.05, 3.63) is 46.2 Å². The second-order valence-electron chi connectivity index (χ2n) is 8.08. The third kappa shape index (κ3) is 5.12. The number of aromatic nitrogens is 2. The Balaban J connectivity index is 1.40. The molecular formula is C21H21ClF3N5O2. The number of aryl methyl sites for hydroxylation is 1. The van der Waals surface area contributed by atoms with Crippen LogP contribution >= 0.6 is 11.6 Å². The summed E-state index contributed by atoms with van der Waals surface area (Å²) in [5.74, 6) is 0.185. The van der Waals surface area contributed by atoms with Gasteiger partial charge in [0.15, 0.2) is 0 Å². The molecule has 0 radical (unpaired) electrons. The van der Waals surface area contributed by atoms with Gasteiger partial charge in [0.2, 0.25) is 5.91 Å². The summed E-state index contributed by atoms with van der Waals surface area (Å²) in [6.07, 6.45) is -1.46. The molecule has 11 heteroatoms. The van der Waals surface area contributed by atoms with E-state index >= 15 is 0 Å². The molecule has 2 N–H and O–H groups in total. The highest BCUT2D eigenvalue weighted by atomic mass is 35.5. The first-order chi connectivity index (χ1) is 15.1. The second-order valence-corrected chi connectivity index (χ2v) is 8.49. The lowest BCUT2D eigenvalue weighted by atomic mass is 10.2. The minimum Gasteiger partial charge on any atom is -0.353 e. The molecular weight excluding hydrogens is 447 g/mol. The second kappa shape index (κ2) is 8.57. The van der Waals surface area contributed by atoms with E-state index in [1.165, 1.54) is 6.07 Å².